The summed E-state index contributed by atoms with van der Waals surface area (Å²) in [5, 5.41) is 12.5. The van der Waals surface area contributed by atoms with Gasteiger partial charge in [-0.25, -0.2) is 0 Å². The lowest BCUT2D eigenvalue weighted by atomic mass is 9.95. The van der Waals surface area contributed by atoms with Gasteiger partial charge in [0.25, 0.3) is 0 Å². The van der Waals surface area contributed by atoms with Crippen LogP contribution in [0.25, 0.3) is 0 Å². The summed E-state index contributed by atoms with van der Waals surface area (Å²) in [7, 11) is 1.67. The zero-order valence-corrected chi connectivity index (χ0v) is 11.1. The number of benzene rings is 1. The normalized spacial score (nSPS) is 14.7. The monoisotopic (exact) mass is 237 g/mol. The maximum Gasteiger partial charge on any atom is 0.118 e. The minimum atomic E-state index is 0.101. The summed E-state index contributed by atoms with van der Waals surface area (Å²) in [6, 6.07) is 8.43. The second-order valence-electron chi connectivity index (χ2n) is 4.75. The molecular weight excluding hydrogens is 214 g/mol. The number of aliphatic hydroxyl groups excluding tert-OH is 1. The smallest absolute Gasteiger partial charge is 0.118 e. The first-order chi connectivity index (χ1) is 8.08. The van der Waals surface area contributed by atoms with E-state index < -0.39 is 0 Å². The Kier molecular flexibility index (Phi) is 5.45. The van der Waals surface area contributed by atoms with Crippen molar-refractivity contribution in [3.63, 3.8) is 0 Å². The third-order valence-corrected chi connectivity index (χ3v) is 2.88. The van der Waals surface area contributed by atoms with Gasteiger partial charge in [0, 0.05) is 12.1 Å². The Morgan fingerprint density at radius 3 is 2.18 bits per heavy atom. The number of rotatable bonds is 6. The highest BCUT2D eigenvalue weighted by atomic mass is 16.5. The number of hydrogen-bond acceptors (Lipinski definition) is 3. The van der Waals surface area contributed by atoms with Gasteiger partial charge in [0.2, 0.25) is 0 Å². The predicted octanol–water partition coefficient (Wildman–Crippen LogP) is 2.36. The molecule has 3 nitrogen and oxygen atoms in total. The van der Waals surface area contributed by atoms with E-state index in [1.54, 1.807) is 7.11 Å². The van der Waals surface area contributed by atoms with Crippen molar-refractivity contribution in [1.29, 1.82) is 0 Å². The van der Waals surface area contributed by atoms with Crippen LogP contribution in [0.3, 0.4) is 0 Å². The van der Waals surface area contributed by atoms with E-state index in [-0.39, 0.29) is 18.7 Å². The fourth-order valence-corrected chi connectivity index (χ4v) is 1.84. The van der Waals surface area contributed by atoms with Gasteiger partial charge in [-0.1, -0.05) is 26.0 Å². The summed E-state index contributed by atoms with van der Waals surface area (Å²) in [6.45, 7) is 6.48. The highest BCUT2D eigenvalue weighted by Crippen LogP contribution is 2.24. The van der Waals surface area contributed by atoms with Crippen LogP contribution in [0.5, 0.6) is 5.75 Å². The van der Waals surface area contributed by atoms with E-state index in [0.29, 0.717) is 5.92 Å². The van der Waals surface area contributed by atoms with Crippen LogP contribution in [0.1, 0.15) is 32.4 Å². The summed E-state index contributed by atoms with van der Waals surface area (Å²) in [5.74, 6) is 1.34. The molecule has 0 heterocycles. The van der Waals surface area contributed by atoms with E-state index in [1.807, 2.05) is 19.1 Å². The maximum absolute atomic E-state index is 9.11. The Balaban J connectivity index is 2.81. The van der Waals surface area contributed by atoms with Gasteiger partial charge in [0.1, 0.15) is 5.75 Å². The van der Waals surface area contributed by atoms with E-state index in [1.165, 1.54) is 5.56 Å². The molecule has 1 aromatic rings. The van der Waals surface area contributed by atoms with Crippen LogP contribution in [0.15, 0.2) is 24.3 Å². The summed E-state index contributed by atoms with van der Waals surface area (Å²) >= 11 is 0. The van der Waals surface area contributed by atoms with Crippen molar-refractivity contribution in [2.45, 2.75) is 32.9 Å². The first-order valence-corrected chi connectivity index (χ1v) is 6.09. The van der Waals surface area contributed by atoms with E-state index in [4.69, 9.17) is 9.84 Å². The van der Waals surface area contributed by atoms with Crippen LogP contribution in [0.4, 0.5) is 0 Å². The fourth-order valence-electron chi connectivity index (χ4n) is 1.84. The van der Waals surface area contributed by atoms with E-state index in [9.17, 15) is 0 Å². The second-order valence-corrected chi connectivity index (χ2v) is 4.75. The van der Waals surface area contributed by atoms with Gasteiger partial charge < -0.3 is 15.2 Å². The Labute approximate surface area is 104 Å². The average molecular weight is 237 g/mol. The van der Waals surface area contributed by atoms with E-state index in [2.05, 4.69) is 31.3 Å². The zero-order valence-electron chi connectivity index (χ0n) is 11.1. The first kappa shape index (κ1) is 14.0. The number of hydrogen-bond donors (Lipinski definition) is 2. The minimum absolute atomic E-state index is 0.101. The molecule has 1 rings (SSSR count). The van der Waals surface area contributed by atoms with Gasteiger partial charge in [-0.15, -0.1) is 0 Å². The third kappa shape index (κ3) is 4.02. The molecule has 0 saturated heterocycles. The van der Waals surface area contributed by atoms with Crippen molar-refractivity contribution in [3.8, 4) is 5.75 Å². The number of methoxy groups -OCH3 is 1. The fraction of sp³-hybridized carbons (Fsp3) is 0.571. The lowest BCUT2D eigenvalue weighted by molar-refractivity contribution is 0.229. The molecule has 17 heavy (non-hydrogen) atoms. The molecule has 0 spiro atoms. The topological polar surface area (TPSA) is 41.5 Å². The Hall–Kier alpha value is -1.06. The molecule has 3 heteroatoms. The Morgan fingerprint density at radius 2 is 1.76 bits per heavy atom. The standard InChI is InChI=1S/C14H23NO2/c1-10(2)14(15-11(3)9-16)12-5-7-13(17-4)8-6-12/h5-8,10-11,14-16H,9H2,1-4H3. The van der Waals surface area contributed by atoms with E-state index >= 15 is 0 Å². The highest BCUT2D eigenvalue weighted by Gasteiger charge is 2.17. The second kappa shape index (κ2) is 6.62. The van der Waals surface area contributed by atoms with Crippen LogP contribution in [-0.4, -0.2) is 24.9 Å². The van der Waals surface area contributed by atoms with Crippen molar-refractivity contribution in [1.82, 2.24) is 5.32 Å². The van der Waals surface area contributed by atoms with Crippen molar-refractivity contribution in [3.05, 3.63) is 29.8 Å². The van der Waals surface area contributed by atoms with Crippen molar-refractivity contribution >= 4 is 0 Å². The number of aliphatic hydroxyl groups is 1. The largest absolute Gasteiger partial charge is 0.497 e. The van der Waals surface area contributed by atoms with Crippen LogP contribution in [0, 0.1) is 5.92 Å². The molecule has 0 amide bonds. The molecule has 0 saturated carbocycles. The van der Waals surface area contributed by atoms with Gasteiger partial charge in [0.05, 0.1) is 13.7 Å². The van der Waals surface area contributed by atoms with Crippen molar-refractivity contribution < 1.29 is 9.84 Å². The molecule has 2 N–H and O–H groups in total. The molecule has 0 fully saturated rings. The molecule has 0 aliphatic heterocycles. The third-order valence-electron chi connectivity index (χ3n) is 2.88. The summed E-state index contributed by atoms with van der Waals surface area (Å²) in [4.78, 5) is 0. The van der Waals surface area contributed by atoms with Gasteiger partial charge >= 0.3 is 0 Å². The quantitative estimate of drug-likeness (QED) is 0.798. The lowest BCUT2D eigenvalue weighted by Gasteiger charge is -2.26. The van der Waals surface area contributed by atoms with Gasteiger partial charge in [-0.2, -0.15) is 0 Å². The molecule has 2 unspecified atom stereocenters. The summed E-state index contributed by atoms with van der Waals surface area (Å²) < 4.78 is 5.15. The van der Waals surface area contributed by atoms with Gasteiger partial charge in [0.15, 0.2) is 0 Å². The van der Waals surface area contributed by atoms with Crippen LogP contribution in [0.2, 0.25) is 0 Å². The molecule has 0 bridgehead atoms. The van der Waals surface area contributed by atoms with Crippen molar-refractivity contribution in [2.24, 2.45) is 5.92 Å². The van der Waals surface area contributed by atoms with Gasteiger partial charge in [-0.3, -0.25) is 0 Å². The summed E-state index contributed by atoms with van der Waals surface area (Å²) in [6.07, 6.45) is 0. The summed E-state index contributed by atoms with van der Waals surface area (Å²) in [5.41, 5.74) is 1.22. The SMILES string of the molecule is COc1ccc(C(NC(C)CO)C(C)C)cc1. The molecule has 0 radical (unpaired) electrons. The molecule has 0 aliphatic rings. The molecule has 96 valence electrons. The van der Waals surface area contributed by atoms with Crippen LogP contribution >= 0.6 is 0 Å². The Bertz CT molecular complexity index is 321. The average Bonchev–Trinajstić information content (AvgIpc) is 2.35. The maximum atomic E-state index is 9.11. The van der Waals surface area contributed by atoms with Crippen LogP contribution < -0.4 is 10.1 Å². The van der Waals surface area contributed by atoms with E-state index in [0.717, 1.165) is 5.75 Å². The van der Waals surface area contributed by atoms with Crippen LogP contribution in [-0.2, 0) is 0 Å². The Morgan fingerprint density at radius 1 is 1.18 bits per heavy atom. The molecule has 1 aromatic carbocycles. The first-order valence-electron chi connectivity index (χ1n) is 6.09. The van der Waals surface area contributed by atoms with Crippen molar-refractivity contribution in [2.75, 3.05) is 13.7 Å². The number of nitrogens with one attached hydrogen (secondary N) is 1. The number of ether oxygens (including phenoxy) is 1. The molecular formula is C14H23NO2. The molecule has 2 atom stereocenters. The molecule has 0 aromatic heterocycles. The molecule has 0 aliphatic carbocycles. The minimum Gasteiger partial charge on any atom is -0.497 e. The zero-order chi connectivity index (χ0) is 12.8. The van der Waals surface area contributed by atoms with Gasteiger partial charge in [-0.05, 0) is 30.5 Å². The lowest BCUT2D eigenvalue weighted by Crippen LogP contribution is -2.35. The highest BCUT2D eigenvalue weighted by molar-refractivity contribution is 5.29. The predicted molar refractivity (Wildman–Crippen MR) is 70.3 cm³/mol.